The van der Waals surface area contributed by atoms with Crippen LogP contribution in [0.3, 0.4) is 0 Å². The third-order valence-corrected chi connectivity index (χ3v) is 7.02. The van der Waals surface area contributed by atoms with Crippen LogP contribution in [-0.2, 0) is 14.6 Å². The Morgan fingerprint density at radius 1 is 1.15 bits per heavy atom. The molecule has 0 spiro atoms. The van der Waals surface area contributed by atoms with Crippen molar-refractivity contribution in [2.75, 3.05) is 18.1 Å². The molecule has 0 aliphatic rings. The molecule has 2 amide bonds. The van der Waals surface area contributed by atoms with E-state index in [9.17, 15) is 22.4 Å². The van der Waals surface area contributed by atoms with Crippen molar-refractivity contribution in [2.45, 2.75) is 31.6 Å². The van der Waals surface area contributed by atoms with Gasteiger partial charge >= 0.3 is 0 Å². The highest BCUT2D eigenvalue weighted by atomic mass is 32.2. The number of nitrogens with one attached hydrogen (secondary N) is 2. The van der Waals surface area contributed by atoms with Crippen molar-refractivity contribution in [1.29, 1.82) is 0 Å². The fraction of sp³-hybridized carbons (Fsp3) is 0.333. The number of thiophene rings is 1. The van der Waals surface area contributed by atoms with Gasteiger partial charge in [-0.05, 0) is 50.1 Å². The van der Waals surface area contributed by atoms with Crippen LogP contribution in [0.1, 0.15) is 33.6 Å². The summed E-state index contributed by atoms with van der Waals surface area (Å²) in [5, 5.41) is 5.69. The van der Waals surface area contributed by atoms with Gasteiger partial charge in [-0.2, -0.15) is 0 Å². The fourth-order valence-electron chi connectivity index (χ4n) is 2.49. The Hall–Kier alpha value is -2.26. The van der Waals surface area contributed by atoms with Crippen molar-refractivity contribution < 1.29 is 22.4 Å². The van der Waals surface area contributed by atoms with Crippen LogP contribution in [0.15, 0.2) is 29.2 Å². The molecule has 0 bridgehead atoms. The van der Waals surface area contributed by atoms with E-state index in [0.29, 0.717) is 10.6 Å². The Morgan fingerprint density at radius 3 is 2.37 bits per heavy atom. The monoisotopic (exact) mass is 412 g/mol. The van der Waals surface area contributed by atoms with Crippen molar-refractivity contribution in [3.8, 4) is 0 Å². The highest BCUT2D eigenvalue weighted by Gasteiger charge is 2.20. The number of hydrogen-bond donors (Lipinski definition) is 2. The van der Waals surface area contributed by atoms with Crippen LogP contribution in [0.2, 0.25) is 0 Å². The van der Waals surface area contributed by atoms with Crippen LogP contribution in [-0.4, -0.2) is 33.0 Å². The highest BCUT2D eigenvalue weighted by molar-refractivity contribution is 7.91. The summed E-state index contributed by atoms with van der Waals surface area (Å²) in [5.41, 5.74) is 1.22. The lowest BCUT2D eigenvalue weighted by molar-refractivity contribution is -0.116. The molecule has 1 heterocycles. The second kappa shape index (κ2) is 8.62. The van der Waals surface area contributed by atoms with E-state index < -0.39 is 15.7 Å². The van der Waals surface area contributed by atoms with Gasteiger partial charge in [-0.15, -0.1) is 11.3 Å². The van der Waals surface area contributed by atoms with Gasteiger partial charge < -0.3 is 10.6 Å². The lowest BCUT2D eigenvalue weighted by Crippen LogP contribution is -2.21. The van der Waals surface area contributed by atoms with Gasteiger partial charge in [0.2, 0.25) is 5.91 Å². The second-order valence-corrected chi connectivity index (χ2v) is 9.32. The first kappa shape index (κ1) is 21.0. The number of carbonyl (C=O) groups excluding carboxylic acids is 2. The van der Waals surface area contributed by atoms with Crippen LogP contribution in [0.5, 0.6) is 0 Å². The zero-order valence-corrected chi connectivity index (χ0v) is 16.9. The minimum atomic E-state index is -3.58. The number of carbonyl (C=O) groups is 2. The topological polar surface area (TPSA) is 92.3 Å². The molecule has 0 fully saturated rings. The van der Waals surface area contributed by atoms with Crippen LogP contribution in [0.25, 0.3) is 0 Å². The van der Waals surface area contributed by atoms with E-state index >= 15 is 0 Å². The van der Waals surface area contributed by atoms with E-state index in [0.717, 1.165) is 22.6 Å². The number of sulfone groups is 1. The number of aryl methyl sites for hydroxylation is 1. The zero-order chi connectivity index (χ0) is 20.2. The van der Waals surface area contributed by atoms with Gasteiger partial charge in [0.25, 0.3) is 5.91 Å². The molecular weight excluding hydrogens is 391 g/mol. The molecule has 1 aromatic carbocycles. The average molecular weight is 413 g/mol. The molecule has 0 atom stereocenters. The van der Waals surface area contributed by atoms with E-state index in [2.05, 4.69) is 10.6 Å². The Balaban J connectivity index is 1.98. The smallest absolute Gasteiger partial charge is 0.254 e. The third kappa shape index (κ3) is 5.14. The molecule has 6 nitrogen and oxygen atoms in total. The quantitative estimate of drug-likeness (QED) is 0.684. The minimum Gasteiger partial charge on any atom is -0.355 e. The van der Waals surface area contributed by atoms with E-state index in [1.54, 1.807) is 6.92 Å². The lowest BCUT2D eigenvalue weighted by Gasteiger charge is -2.07. The van der Waals surface area contributed by atoms with Crippen LogP contribution < -0.4 is 10.6 Å². The molecule has 2 rings (SSSR count). The number of rotatable bonds is 7. The Labute approximate surface area is 161 Å². The molecule has 2 N–H and O–H groups in total. The van der Waals surface area contributed by atoms with E-state index in [1.807, 2.05) is 6.92 Å². The van der Waals surface area contributed by atoms with Crippen molar-refractivity contribution >= 4 is 38.0 Å². The lowest BCUT2D eigenvalue weighted by atomic mass is 10.1. The Morgan fingerprint density at radius 2 is 1.78 bits per heavy atom. The number of hydrogen-bond acceptors (Lipinski definition) is 5. The molecule has 0 unspecified atom stereocenters. The Bertz CT molecular complexity index is 950. The maximum Gasteiger partial charge on any atom is 0.254 e. The standard InChI is InChI=1S/C18H21FN2O4S2/c1-11-12(2)26-18(16(11)17(23)20-3)21-15(22)5-4-10-27(24,25)14-8-6-13(19)7-9-14/h6-9H,4-5,10H2,1-3H3,(H,20,23)(H,21,22). The summed E-state index contributed by atoms with van der Waals surface area (Å²) in [6.45, 7) is 3.67. The summed E-state index contributed by atoms with van der Waals surface area (Å²) in [5.74, 6) is -1.39. The van der Waals surface area contributed by atoms with Gasteiger partial charge in [0.1, 0.15) is 10.8 Å². The molecule has 0 saturated heterocycles. The van der Waals surface area contributed by atoms with E-state index in [4.69, 9.17) is 0 Å². The van der Waals surface area contributed by atoms with Crippen LogP contribution in [0, 0.1) is 19.7 Å². The number of halogens is 1. The van der Waals surface area contributed by atoms with E-state index in [1.165, 1.54) is 30.5 Å². The maximum atomic E-state index is 12.9. The predicted molar refractivity (Wildman–Crippen MR) is 103 cm³/mol. The van der Waals surface area contributed by atoms with Crippen LogP contribution >= 0.6 is 11.3 Å². The molecule has 1 aromatic heterocycles. The summed E-state index contributed by atoms with van der Waals surface area (Å²) in [4.78, 5) is 25.1. The third-order valence-electron chi connectivity index (χ3n) is 4.08. The van der Waals surface area contributed by atoms with Crippen molar-refractivity contribution in [3.05, 3.63) is 46.1 Å². The van der Waals surface area contributed by atoms with Crippen molar-refractivity contribution in [2.24, 2.45) is 0 Å². The minimum absolute atomic E-state index is 0.0103. The highest BCUT2D eigenvalue weighted by Crippen LogP contribution is 2.32. The van der Waals surface area contributed by atoms with E-state index in [-0.39, 0.29) is 35.3 Å². The van der Waals surface area contributed by atoms with Gasteiger partial charge in [-0.25, -0.2) is 12.8 Å². The van der Waals surface area contributed by atoms with Gasteiger partial charge in [0.05, 0.1) is 16.2 Å². The summed E-state index contributed by atoms with van der Waals surface area (Å²) in [6.07, 6.45) is 0.105. The van der Waals surface area contributed by atoms with Gasteiger partial charge in [-0.3, -0.25) is 9.59 Å². The van der Waals surface area contributed by atoms with Crippen molar-refractivity contribution in [3.63, 3.8) is 0 Å². The molecule has 0 radical (unpaired) electrons. The molecule has 0 saturated carbocycles. The first-order valence-corrected chi connectivity index (χ1v) is 10.7. The molecule has 0 aliphatic heterocycles. The largest absolute Gasteiger partial charge is 0.355 e. The summed E-state index contributed by atoms with van der Waals surface area (Å²) in [7, 11) is -2.07. The number of benzene rings is 1. The van der Waals surface area contributed by atoms with Gasteiger partial charge in [0.15, 0.2) is 9.84 Å². The predicted octanol–water partition coefficient (Wildman–Crippen LogP) is 3.06. The van der Waals surface area contributed by atoms with Crippen LogP contribution in [0.4, 0.5) is 9.39 Å². The molecule has 27 heavy (non-hydrogen) atoms. The molecule has 146 valence electrons. The average Bonchev–Trinajstić information content (AvgIpc) is 2.88. The van der Waals surface area contributed by atoms with Crippen molar-refractivity contribution in [1.82, 2.24) is 5.32 Å². The van der Waals surface area contributed by atoms with Gasteiger partial charge in [0, 0.05) is 18.3 Å². The summed E-state index contributed by atoms with van der Waals surface area (Å²) < 4.78 is 37.3. The first-order chi connectivity index (χ1) is 12.7. The number of amides is 2. The number of anilines is 1. The zero-order valence-electron chi connectivity index (χ0n) is 15.3. The van der Waals surface area contributed by atoms with Gasteiger partial charge in [-0.1, -0.05) is 0 Å². The molecule has 2 aromatic rings. The summed E-state index contributed by atoms with van der Waals surface area (Å²) in [6, 6.07) is 4.58. The fourth-order valence-corrected chi connectivity index (χ4v) is 4.87. The first-order valence-electron chi connectivity index (χ1n) is 8.26. The maximum absolute atomic E-state index is 12.9. The Kier molecular flexibility index (Phi) is 6.72. The normalized spacial score (nSPS) is 11.3. The molecule has 0 aliphatic carbocycles. The summed E-state index contributed by atoms with van der Waals surface area (Å²) >= 11 is 1.30. The molecule has 9 heteroatoms. The second-order valence-electron chi connectivity index (χ2n) is 5.99. The molecular formula is C18H21FN2O4S2. The SMILES string of the molecule is CNC(=O)c1c(NC(=O)CCCS(=O)(=O)c2ccc(F)cc2)sc(C)c1C.